The molecular weight excluding hydrogens is 417 g/mol. The molecular formula is C18H16Cl3NO5. The minimum atomic E-state index is -0.725. The lowest BCUT2D eigenvalue weighted by Crippen LogP contribution is -2.29. The third-order valence-corrected chi connectivity index (χ3v) is 4.35. The summed E-state index contributed by atoms with van der Waals surface area (Å²) in [5.74, 6) is -0.253. The van der Waals surface area contributed by atoms with Crippen LogP contribution in [0.5, 0.6) is 11.5 Å². The second-order valence-electron chi connectivity index (χ2n) is 5.27. The number of hydrogen-bond donors (Lipinski definition) is 1. The molecule has 27 heavy (non-hydrogen) atoms. The third kappa shape index (κ3) is 6.82. The number of nitrogens with one attached hydrogen (secondary N) is 1. The molecule has 144 valence electrons. The molecule has 2 aromatic carbocycles. The fourth-order valence-corrected chi connectivity index (χ4v) is 2.53. The van der Waals surface area contributed by atoms with E-state index in [-0.39, 0.29) is 20.8 Å². The fourth-order valence-electron chi connectivity index (χ4n) is 1.93. The second kappa shape index (κ2) is 10.3. The van der Waals surface area contributed by atoms with Crippen molar-refractivity contribution in [1.82, 2.24) is 5.32 Å². The van der Waals surface area contributed by atoms with Crippen molar-refractivity contribution in [1.29, 1.82) is 0 Å². The first-order chi connectivity index (χ1) is 12.9. The van der Waals surface area contributed by atoms with Crippen molar-refractivity contribution < 1.29 is 23.8 Å². The number of methoxy groups -OCH3 is 1. The van der Waals surface area contributed by atoms with E-state index in [1.807, 2.05) is 12.1 Å². The van der Waals surface area contributed by atoms with Crippen LogP contribution < -0.4 is 14.8 Å². The van der Waals surface area contributed by atoms with Gasteiger partial charge in [-0.1, -0.05) is 46.9 Å². The zero-order valence-corrected chi connectivity index (χ0v) is 16.5. The fraction of sp³-hybridized carbons (Fsp3) is 0.222. The van der Waals surface area contributed by atoms with E-state index in [0.29, 0.717) is 6.54 Å². The number of amides is 1. The number of benzene rings is 2. The van der Waals surface area contributed by atoms with Crippen LogP contribution >= 0.6 is 34.8 Å². The maximum absolute atomic E-state index is 11.7. The number of carbonyl (C=O) groups is 2. The van der Waals surface area contributed by atoms with Gasteiger partial charge in [0.2, 0.25) is 0 Å². The molecule has 0 aromatic heterocycles. The number of ether oxygens (including phenoxy) is 3. The van der Waals surface area contributed by atoms with E-state index in [1.54, 1.807) is 19.2 Å². The van der Waals surface area contributed by atoms with Gasteiger partial charge in [-0.25, -0.2) is 4.79 Å². The normalized spacial score (nSPS) is 10.2. The summed E-state index contributed by atoms with van der Waals surface area (Å²) in [5.41, 5.74) is 0.882. The summed E-state index contributed by atoms with van der Waals surface area (Å²) < 4.78 is 15.1. The van der Waals surface area contributed by atoms with E-state index in [2.05, 4.69) is 5.32 Å². The minimum Gasteiger partial charge on any atom is -0.497 e. The van der Waals surface area contributed by atoms with Crippen molar-refractivity contribution in [2.24, 2.45) is 0 Å². The van der Waals surface area contributed by atoms with Crippen LogP contribution in [0.1, 0.15) is 5.56 Å². The van der Waals surface area contributed by atoms with Gasteiger partial charge in [0.05, 0.1) is 22.2 Å². The molecule has 2 rings (SSSR count). The van der Waals surface area contributed by atoms with E-state index in [0.717, 1.165) is 11.3 Å². The highest BCUT2D eigenvalue weighted by molar-refractivity contribution is 6.43. The topological polar surface area (TPSA) is 73.9 Å². The molecule has 0 heterocycles. The SMILES string of the molecule is COc1ccc(CNC(=O)COC(=O)COc2cc(Cl)c(Cl)cc2Cl)cc1. The molecule has 0 spiro atoms. The number of carbonyl (C=O) groups excluding carboxylic acids is 2. The zero-order chi connectivity index (χ0) is 19.8. The maximum atomic E-state index is 11.7. The Morgan fingerprint density at radius 3 is 2.30 bits per heavy atom. The molecule has 0 unspecified atom stereocenters. The molecule has 1 N–H and O–H groups in total. The van der Waals surface area contributed by atoms with E-state index in [4.69, 9.17) is 49.0 Å². The van der Waals surface area contributed by atoms with Crippen molar-refractivity contribution in [2.45, 2.75) is 6.54 Å². The highest BCUT2D eigenvalue weighted by Crippen LogP contribution is 2.33. The van der Waals surface area contributed by atoms with Gasteiger partial charge in [-0.3, -0.25) is 4.79 Å². The van der Waals surface area contributed by atoms with Gasteiger partial charge in [0.15, 0.2) is 13.2 Å². The summed E-state index contributed by atoms with van der Waals surface area (Å²) in [5, 5.41) is 3.35. The number of esters is 1. The lowest BCUT2D eigenvalue weighted by Gasteiger charge is -2.10. The standard InChI is InChI=1S/C18H16Cl3NO5/c1-25-12-4-2-11(3-5-12)8-22-17(23)9-27-18(24)10-26-16-7-14(20)13(19)6-15(16)21/h2-7H,8-10H2,1H3,(H,22,23). The highest BCUT2D eigenvalue weighted by Gasteiger charge is 2.12. The lowest BCUT2D eigenvalue weighted by atomic mass is 10.2. The van der Waals surface area contributed by atoms with Crippen LogP contribution in [0.3, 0.4) is 0 Å². The van der Waals surface area contributed by atoms with Crippen LogP contribution in [0.25, 0.3) is 0 Å². The van der Waals surface area contributed by atoms with Gasteiger partial charge in [0, 0.05) is 12.6 Å². The molecule has 0 aliphatic heterocycles. The molecule has 0 saturated heterocycles. The summed E-state index contributed by atoms with van der Waals surface area (Å²) in [6, 6.07) is 10.00. The van der Waals surface area contributed by atoms with Crippen molar-refractivity contribution in [2.75, 3.05) is 20.3 Å². The van der Waals surface area contributed by atoms with Crippen molar-refractivity contribution in [3.05, 3.63) is 57.0 Å². The smallest absolute Gasteiger partial charge is 0.344 e. The molecule has 0 radical (unpaired) electrons. The Balaban J connectivity index is 1.71. The van der Waals surface area contributed by atoms with Gasteiger partial charge in [-0.15, -0.1) is 0 Å². The minimum absolute atomic E-state index is 0.187. The Morgan fingerprint density at radius 1 is 0.963 bits per heavy atom. The van der Waals surface area contributed by atoms with Gasteiger partial charge in [0.1, 0.15) is 11.5 Å². The van der Waals surface area contributed by atoms with E-state index < -0.39 is 25.1 Å². The Bertz CT molecular complexity index is 811. The molecule has 1 amide bonds. The molecule has 2 aromatic rings. The molecule has 0 aliphatic rings. The van der Waals surface area contributed by atoms with Gasteiger partial charge < -0.3 is 19.5 Å². The quantitative estimate of drug-likeness (QED) is 0.506. The molecule has 0 saturated carbocycles. The summed E-state index contributed by atoms with van der Waals surface area (Å²) in [4.78, 5) is 23.4. The van der Waals surface area contributed by atoms with Crippen LogP contribution in [0.4, 0.5) is 0 Å². The van der Waals surface area contributed by atoms with Crippen LogP contribution in [0.15, 0.2) is 36.4 Å². The highest BCUT2D eigenvalue weighted by atomic mass is 35.5. The van der Waals surface area contributed by atoms with Crippen molar-refractivity contribution >= 4 is 46.7 Å². The van der Waals surface area contributed by atoms with Crippen molar-refractivity contribution in [3.8, 4) is 11.5 Å². The second-order valence-corrected chi connectivity index (χ2v) is 6.49. The van der Waals surface area contributed by atoms with Gasteiger partial charge in [0.25, 0.3) is 5.91 Å². The average molecular weight is 433 g/mol. The summed E-state index contributed by atoms with van der Waals surface area (Å²) >= 11 is 17.6. The first-order valence-corrected chi connectivity index (χ1v) is 8.85. The third-order valence-electron chi connectivity index (χ3n) is 3.33. The number of halogens is 3. The first kappa shape index (κ1) is 21.2. The lowest BCUT2D eigenvalue weighted by molar-refractivity contribution is -0.150. The Labute approximate surface area is 171 Å². The molecule has 0 aliphatic carbocycles. The zero-order valence-electron chi connectivity index (χ0n) is 14.3. The predicted molar refractivity (Wildman–Crippen MR) is 103 cm³/mol. The van der Waals surface area contributed by atoms with Gasteiger partial charge in [-0.2, -0.15) is 0 Å². The maximum Gasteiger partial charge on any atom is 0.344 e. The van der Waals surface area contributed by atoms with E-state index in [9.17, 15) is 9.59 Å². The Hall–Kier alpha value is -2.15. The summed E-state index contributed by atoms with van der Waals surface area (Å²) in [6.45, 7) is -0.549. The van der Waals surface area contributed by atoms with Gasteiger partial charge in [-0.05, 0) is 23.8 Å². The first-order valence-electron chi connectivity index (χ1n) is 7.71. The molecule has 9 heteroatoms. The summed E-state index contributed by atoms with van der Waals surface area (Å²) in [7, 11) is 1.57. The molecule has 6 nitrogen and oxygen atoms in total. The van der Waals surface area contributed by atoms with E-state index >= 15 is 0 Å². The van der Waals surface area contributed by atoms with Crippen LogP contribution in [0, 0.1) is 0 Å². The molecule has 0 bridgehead atoms. The predicted octanol–water partition coefficient (Wildman–Crippen LogP) is 3.89. The van der Waals surface area contributed by atoms with Crippen LogP contribution in [-0.4, -0.2) is 32.2 Å². The Morgan fingerprint density at radius 2 is 1.63 bits per heavy atom. The Kier molecular flexibility index (Phi) is 8.03. The van der Waals surface area contributed by atoms with Crippen LogP contribution in [-0.2, 0) is 20.9 Å². The van der Waals surface area contributed by atoms with Gasteiger partial charge >= 0.3 is 5.97 Å². The summed E-state index contributed by atoms with van der Waals surface area (Å²) in [6.07, 6.45) is 0. The van der Waals surface area contributed by atoms with Crippen molar-refractivity contribution in [3.63, 3.8) is 0 Å². The molecule has 0 atom stereocenters. The number of rotatable bonds is 8. The monoisotopic (exact) mass is 431 g/mol. The largest absolute Gasteiger partial charge is 0.497 e. The van der Waals surface area contributed by atoms with E-state index in [1.165, 1.54) is 12.1 Å². The molecule has 0 fully saturated rings. The number of hydrogen-bond acceptors (Lipinski definition) is 5. The average Bonchev–Trinajstić information content (AvgIpc) is 2.66. The van der Waals surface area contributed by atoms with Crippen LogP contribution in [0.2, 0.25) is 15.1 Å².